The number of ether oxygens (including phenoxy) is 2. The Kier molecular flexibility index (Phi) is 7.69. The maximum atomic E-state index is 14.1. The molecule has 0 bridgehead atoms. The zero-order chi connectivity index (χ0) is 25.7. The van der Waals surface area contributed by atoms with E-state index in [1.165, 1.54) is 29.2 Å². The normalized spacial score (nSPS) is 15.2. The van der Waals surface area contributed by atoms with Crippen molar-refractivity contribution in [1.29, 1.82) is 0 Å². The Morgan fingerprint density at radius 3 is 2.61 bits per heavy atom. The lowest BCUT2D eigenvalue weighted by molar-refractivity contribution is 0.0129. The molecule has 1 unspecified atom stereocenters. The van der Waals surface area contributed by atoms with E-state index in [-0.39, 0.29) is 29.5 Å². The summed E-state index contributed by atoms with van der Waals surface area (Å²) in [5.74, 6) is -0.897. The van der Waals surface area contributed by atoms with E-state index in [0.717, 1.165) is 16.9 Å². The molecule has 4 rings (SSSR count). The van der Waals surface area contributed by atoms with Crippen molar-refractivity contribution in [3.63, 3.8) is 0 Å². The molecule has 1 saturated heterocycles. The Hall–Kier alpha value is -4.12. The summed E-state index contributed by atoms with van der Waals surface area (Å²) in [6.07, 6.45) is 0.666. The zero-order valence-corrected chi connectivity index (χ0v) is 20.1. The molecule has 0 radical (unpaired) electrons. The van der Waals surface area contributed by atoms with E-state index in [1.807, 2.05) is 30.3 Å². The second-order valence-electron chi connectivity index (χ2n) is 8.21. The highest BCUT2D eigenvalue weighted by atomic mass is 32.1. The van der Waals surface area contributed by atoms with Gasteiger partial charge in [0, 0.05) is 23.1 Å². The second kappa shape index (κ2) is 11.1. The quantitative estimate of drug-likeness (QED) is 0.405. The molecule has 0 saturated carbocycles. The number of hydrogen-bond acceptors (Lipinski definition) is 6. The maximum Gasteiger partial charge on any atom is 0.341 e. The van der Waals surface area contributed by atoms with E-state index in [4.69, 9.17) is 20.9 Å². The summed E-state index contributed by atoms with van der Waals surface area (Å²) < 4.78 is 25.6. The van der Waals surface area contributed by atoms with Crippen molar-refractivity contribution in [2.24, 2.45) is 11.5 Å². The first-order chi connectivity index (χ1) is 17.3. The lowest BCUT2D eigenvalue weighted by Crippen LogP contribution is -2.46. The number of hydrogen-bond donors (Lipinski definition) is 3. The number of esters is 1. The van der Waals surface area contributed by atoms with Crippen LogP contribution < -0.4 is 21.5 Å². The molecule has 1 atom stereocenters. The van der Waals surface area contributed by atoms with Gasteiger partial charge in [-0.05, 0) is 36.6 Å². The van der Waals surface area contributed by atoms with Crippen molar-refractivity contribution in [2.45, 2.75) is 25.6 Å². The van der Waals surface area contributed by atoms with Crippen LogP contribution in [-0.4, -0.2) is 42.1 Å². The van der Waals surface area contributed by atoms with Crippen LogP contribution in [0.3, 0.4) is 0 Å². The van der Waals surface area contributed by atoms with Crippen molar-refractivity contribution >= 4 is 34.4 Å². The van der Waals surface area contributed by atoms with Gasteiger partial charge in [-0.15, -0.1) is 11.3 Å². The molecule has 2 heterocycles. The van der Waals surface area contributed by atoms with Crippen LogP contribution in [0.15, 0.2) is 54.6 Å². The number of halogens is 1. The number of likely N-dealkylation sites (tertiary alicyclic amines) is 1. The minimum atomic E-state index is -0.852. The maximum absolute atomic E-state index is 14.1. The first-order valence-electron chi connectivity index (χ1n) is 11.2. The monoisotopic (exact) mass is 512 g/mol. The van der Waals surface area contributed by atoms with E-state index in [1.54, 1.807) is 0 Å². The van der Waals surface area contributed by atoms with Crippen LogP contribution in [0.2, 0.25) is 0 Å². The molecule has 1 aliphatic rings. The fourth-order valence-electron chi connectivity index (χ4n) is 3.88. The van der Waals surface area contributed by atoms with Gasteiger partial charge in [0.05, 0.1) is 12.1 Å². The minimum Gasteiger partial charge on any atom is -0.488 e. The highest BCUT2D eigenvalue weighted by Gasteiger charge is 2.28. The third-order valence-electron chi connectivity index (χ3n) is 5.60. The predicted molar refractivity (Wildman–Crippen MR) is 133 cm³/mol. The first-order valence-corrected chi connectivity index (χ1v) is 12.0. The SMILES string of the molecule is NC(=O)Nc1sc(-c2ccc(F)cc2OCc2ccccc2)cc1C(=O)OC1CCCN(C(N)=O)C1. The van der Waals surface area contributed by atoms with Gasteiger partial charge in [0.1, 0.15) is 29.3 Å². The van der Waals surface area contributed by atoms with E-state index < -0.39 is 30.0 Å². The highest BCUT2D eigenvalue weighted by molar-refractivity contribution is 7.20. The van der Waals surface area contributed by atoms with Crippen LogP contribution in [-0.2, 0) is 11.3 Å². The molecule has 36 heavy (non-hydrogen) atoms. The number of benzene rings is 2. The van der Waals surface area contributed by atoms with Crippen LogP contribution in [0, 0.1) is 5.82 Å². The molecular formula is C25H25FN4O5S. The Bertz CT molecular complexity index is 1270. The van der Waals surface area contributed by atoms with Crippen LogP contribution in [0.4, 0.5) is 19.0 Å². The van der Waals surface area contributed by atoms with Crippen LogP contribution in [0.1, 0.15) is 28.8 Å². The molecule has 0 aliphatic carbocycles. The zero-order valence-electron chi connectivity index (χ0n) is 19.2. The van der Waals surface area contributed by atoms with Crippen molar-refractivity contribution in [2.75, 3.05) is 18.4 Å². The van der Waals surface area contributed by atoms with Crippen LogP contribution in [0.25, 0.3) is 10.4 Å². The number of rotatable bonds is 7. The van der Waals surface area contributed by atoms with Gasteiger partial charge in [-0.2, -0.15) is 0 Å². The number of primary amides is 2. The van der Waals surface area contributed by atoms with Crippen LogP contribution >= 0.6 is 11.3 Å². The number of amides is 4. The Labute approximate surface area is 210 Å². The van der Waals surface area contributed by atoms with Gasteiger partial charge in [-0.3, -0.25) is 5.32 Å². The standard InChI is InChI=1S/C25H25FN4O5S/c26-16-8-9-18(20(11-16)34-14-15-5-2-1-3-6-15)21-12-19(22(36-21)29-24(27)32)23(31)35-17-7-4-10-30(13-17)25(28)33/h1-3,5-6,8-9,11-12,17H,4,7,10,13-14H2,(H2,28,33)(H3,27,29,32). The van der Waals surface area contributed by atoms with E-state index >= 15 is 0 Å². The lowest BCUT2D eigenvalue weighted by atomic mass is 10.1. The molecule has 1 aliphatic heterocycles. The van der Waals surface area contributed by atoms with Crippen molar-refractivity contribution < 1.29 is 28.2 Å². The van der Waals surface area contributed by atoms with Gasteiger partial charge in [0.2, 0.25) is 0 Å². The van der Waals surface area contributed by atoms with Gasteiger partial charge in [-0.25, -0.2) is 18.8 Å². The number of carbonyl (C=O) groups excluding carboxylic acids is 3. The Morgan fingerprint density at radius 1 is 1.11 bits per heavy atom. The molecule has 0 spiro atoms. The number of nitrogens with one attached hydrogen (secondary N) is 1. The average molecular weight is 513 g/mol. The summed E-state index contributed by atoms with van der Waals surface area (Å²) in [4.78, 5) is 38.1. The summed E-state index contributed by atoms with van der Waals surface area (Å²) in [5, 5.41) is 2.64. The fraction of sp³-hybridized carbons (Fsp3) is 0.240. The Morgan fingerprint density at radius 2 is 1.89 bits per heavy atom. The molecule has 1 fully saturated rings. The summed E-state index contributed by atoms with van der Waals surface area (Å²) in [7, 11) is 0. The molecule has 188 valence electrons. The molecular weight excluding hydrogens is 487 g/mol. The summed E-state index contributed by atoms with van der Waals surface area (Å²) in [6.45, 7) is 0.894. The molecule has 3 aromatic rings. The lowest BCUT2D eigenvalue weighted by Gasteiger charge is -2.31. The van der Waals surface area contributed by atoms with Crippen LogP contribution in [0.5, 0.6) is 5.75 Å². The highest BCUT2D eigenvalue weighted by Crippen LogP contribution is 2.41. The fourth-order valence-corrected chi connectivity index (χ4v) is 4.96. The molecule has 5 N–H and O–H groups in total. The van der Waals surface area contributed by atoms with Gasteiger partial charge < -0.3 is 25.8 Å². The van der Waals surface area contributed by atoms with E-state index in [0.29, 0.717) is 29.8 Å². The van der Waals surface area contributed by atoms with Gasteiger partial charge in [0.15, 0.2) is 0 Å². The average Bonchev–Trinajstić information content (AvgIpc) is 3.26. The molecule has 4 amide bonds. The minimum absolute atomic E-state index is 0.0864. The molecule has 11 heteroatoms. The smallest absolute Gasteiger partial charge is 0.341 e. The summed E-state index contributed by atoms with van der Waals surface area (Å²) >= 11 is 1.08. The Balaban J connectivity index is 1.60. The summed E-state index contributed by atoms with van der Waals surface area (Å²) in [6, 6.07) is 13.6. The number of thiophene rings is 1. The number of nitrogens with zero attached hydrogens (tertiary/aromatic N) is 1. The van der Waals surface area contributed by atoms with Gasteiger partial charge in [0.25, 0.3) is 0 Å². The topological polar surface area (TPSA) is 137 Å². The summed E-state index contributed by atoms with van der Waals surface area (Å²) in [5.41, 5.74) is 12.2. The van der Waals surface area contributed by atoms with Crippen molar-refractivity contribution in [3.8, 4) is 16.2 Å². The number of nitrogens with two attached hydrogens (primary N) is 2. The third kappa shape index (κ3) is 6.11. The van der Waals surface area contributed by atoms with E-state index in [2.05, 4.69) is 5.32 Å². The number of anilines is 1. The predicted octanol–water partition coefficient (Wildman–Crippen LogP) is 4.32. The second-order valence-corrected chi connectivity index (χ2v) is 9.26. The molecule has 2 aromatic carbocycles. The molecule has 1 aromatic heterocycles. The van der Waals surface area contributed by atoms with Crippen molar-refractivity contribution in [1.82, 2.24) is 4.90 Å². The molecule has 9 nitrogen and oxygen atoms in total. The number of carbonyl (C=O) groups is 3. The third-order valence-corrected chi connectivity index (χ3v) is 6.68. The van der Waals surface area contributed by atoms with Gasteiger partial charge in [-0.1, -0.05) is 30.3 Å². The number of urea groups is 2. The largest absolute Gasteiger partial charge is 0.488 e. The van der Waals surface area contributed by atoms with Gasteiger partial charge >= 0.3 is 18.0 Å². The first kappa shape index (κ1) is 25.0. The van der Waals surface area contributed by atoms with Crippen molar-refractivity contribution in [3.05, 3.63) is 71.5 Å². The van der Waals surface area contributed by atoms with E-state index in [9.17, 15) is 18.8 Å². The number of piperidine rings is 1.